The molecule has 0 aliphatic heterocycles. The van der Waals surface area contributed by atoms with Crippen LogP contribution in [-0.2, 0) is 6.54 Å². The van der Waals surface area contributed by atoms with E-state index in [0.717, 1.165) is 5.56 Å². The minimum atomic E-state index is -0.170. The normalized spacial score (nSPS) is 10.6. The zero-order valence-electron chi connectivity index (χ0n) is 12.4. The molecule has 5 nitrogen and oxygen atoms in total. The van der Waals surface area contributed by atoms with Crippen molar-refractivity contribution in [1.29, 1.82) is 0 Å². The predicted octanol–water partition coefficient (Wildman–Crippen LogP) is 2.96. The van der Waals surface area contributed by atoms with E-state index < -0.39 is 0 Å². The molecule has 0 spiro atoms. The van der Waals surface area contributed by atoms with Crippen molar-refractivity contribution >= 4 is 23.5 Å². The standard InChI is InChI=1S/C14H17ClFN5/c1-8-5-10(6-9(2)11(8)16)7-17-13-18-12(15)19-14(20-13)21(3)4/h5-6H,7H2,1-4H3,(H,17,18,19,20). The maximum Gasteiger partial charge on any atom is 0.230 e. The number of anilines is 2. The number of benzene rings is 1. The third-order valence-corrected chi connectivity index (χ3v) is 3.11. The molecule has 1 aromatic heterocycles. The monoisotopic (exact) mass is 309 g/mol. The van der Waals surface area contributed by atoms with Gasteiger partial charge in [0.05, 0.1) is 0 Å². The van der Waals surface area contributed by atoms with Crippen LogP contribution in [0, 0.1) is 19.7 Å². The Morgan fingerprint density at radius 3 is 2.33 bits per heavy atom. The SMILES string of the molecule is Cc1cc(CNc2nc(Cl)nc(N(C)C)n2)cc(C)c1F. The Balaban J connectivity index is 2.16. The average Bonchev–Trinajstić information content (AvgIpc) is 2.41. The Kier molecular flexibility index (Phi) is 4.57. The summed E-state index contributed by atoms with van der Waals surface area (Å²) in [4.78, 5) is 14.0. The van der Waals surface area contributed by atoms with Gasteiger partial charge in [0.25, 0.3) is 0 Å². The van der Waals surface area contributed by atoms with Gasteiger partial charge in [0.15, 0.2) is 0 Å². The molecule has 0 unspecified atom stereocenters. The van der Waals surface area contributed by atoms with Gasteiger partial charge in [-0.3, -0.25) is 0 Å². The van der Waals surface area contributed by atoms with Crippen LogP contribution in [0.15, 0.2) is 12.1 Å². The van der Waals surface area contributed by atoms with Crippen LogP contribution in [0.25, 0.3) is 0 Å². The number of nitrogens with one attached hydrogen (secondary N) is 1. The minimum Gasteiger partial charge on any atom is -0.350 e. The first-order valence-corrected chi connectivity index (χ1v) is 6.83. The van der Waals surface area contributed by atoms with Gasteiger partial charge in [-0.2, -0.15) is 15.0 Å². The first-order valence-electron chi connectivity index (χ1n) is 6.45. The molecule has 1 aromatic carbocycles. The van der Waals surface area contributed by atoms with E-state index >= 15 is 0 Å². The number of aryl methyl sites for hydroxylation is 2. The molecule has 0 saturated carbocycles. The van der Waals surface area contributed by atoms with E-state index in [1.165, 1.54) is 0 Å². The van der Waals surface area contributed by atoms with E-state index in [4.69, 9.17) is 11.6 Å². The van der Waals surface area contributed by atoms with Gasteiger partial charge in [0, 0.05) is 20.6 Å². The zero-order chi connectivity index (χ0) is 15.6. The van der Waals surface area contributed by atoms with Crippen LogP contribution >= 0.6 is 11.6 Å². The summed E-state index contributed by atoms with van der Waals surface area (Å²) in [6, 6.07) is 3.59. The predicted molar refractivity (Wildman–Crippen MR) is 82.4 cm³/mol. The number of hydrogen-bond donors (Lipinski definition) is 1. The second-order valence-corrected chi connectivity index (χ2v) is 5.36. The zero-order valence-corrected chi connectivity index (χ0v) is 13.2. The number of aromatic nitrogens is 3. The molecule has 0 amide bonds. The van der Waals surface area contributed by atoms with E-state index in [2.05, 4.69) is 20.3 Å². The fraction of sp³-hybridized carbons (Fsp3) is 0.357. The number of halogens is 2. The van der Waals surface area contributed by atoms with Gasteiger partial charge in [-0.25, -0.2) is 4.39 Å². The molecule has 2 rings (SSSR count). The molecule has 0 bridgehead atoms. The summed E-state index contributed by atoms with van der Waals surface area (Å²) in [6.45, 7) is 3.97. The Morgan fingerprint density at radius 1 is 1.14 bits per heavy atom. The largest absolute Gasteiger partial charge is 0.350 e. The van der Waals surface area contributed by atoms with E-state index in [9.17, 15) is 4.39 Å². The quantitative estimate of drug-likeness (QED) is 0.941. The van der Waals surface area contributed by atoms with Crippen LogP contribution < -0.4 is 10.2 Å². The van der Waals surface area contributed by atoms with Gasteiger partial charge in [-0.05, 0) is 42.1 Å². The molecule has 0 aliphatic rings. The number of rotatable bonds is 4. The summed E-state index contributed by atoms with van der Waals surface area (Å²) in [5, 5.41) is 3.20. The van der Waals surface area contributed by atoms with Crippen molar-refractivity contribution in [3.63, 3.8) is 0 Å². The van der Waals surface area contributed by atoms with Gasteiger partial charge >= 0.3 is 0 Å². The maximum atomic E-state index is 13.6. The lowest BCUT2D eigenvalue weighted by Crippen LogP contribution is -2.15. The average molecular weight is 310 g/mol. The molecule has 0 saturated heterocycles. The molecule has 1 heterocycles. The van der Waals surface area contributed by atoms with Crippen LogP contribution in [0.3, 0.4) is 0 Å². The summed E-state index contributed by atoms with van der Waals surface area (Å²) < 4.78 is 13.6. The summed E-state index contributed by atoms with van der Waals surface area (Å²) in [5.74, 6) is 0.694. The molecule has 1 N–H and O–H groups in total. The van der Waals surface area contributed by atoms with Crippen molar-refractivity contribution in [2.75, 3.05) is 24.3 Å². The number of hydrogen-bond acceptors (Lipinski definition) is 5. The molecule has 0 aliphatic carbocycles. The van der Waals surface area contributed by atoms with Gasteiger partial charge in [-0.1, -0.05) is 12.1 Å². The highest BCUT2D eigenvalue weighted by Gasteiger charge is 2.08. The molecule has 0 fully saturated rings. The first-order chi connectivity index (χ1) is 9.86. The summed E-state index contributed by atoms with van der Waals surface area (Å²) >= 11 is 5.87. The Morgan fingerprint density at radius 2 is 1.76 bits per heavy atom. The van der Waals surface area contributed by atoms with Crippen LogP contribution in [0.4, 0.5) is 16.3 Å². The highest BCUT2D eigenvalue weighted by atomic mass is 35.5. The molecular weight excluding hydrogens is 293 g/mol. The topological polar surface area (TPSA) is 53.9 Å². The smallest absolute Gasteiger partial charge is 0.230 e. The van der Waals surface area contributed by atoms with E-state index in [0.29, 0.717) is 29.6 Å². The highest BCUT2D eigenvalue weighted by molar-refractivity contribution is 6.28. The van der Waals surface area contributed by atoms with E-state index in [-0.39, 0.29) is 11.1 Å². The van der Waals surface area contributed by atoms with Crippen molar-refractivity contribution in [2.24, 2.45) is 0 Å². The van der Waals surface area contributed by atoms with Gasteiger partial charge in [0.2, 0.25) is 17.2 Å². The van der Waals surface area contributed by atoms with Gasteiger partial charge in [-0.15, -0.1) is 0 Å². The minimum absolute atomic E-state index is 0.127. The lowest BCUT2D eigenvalue weighted by molar-refractivity contribution is 0.608. The summed E-state index contributed by atoms with van der Waals surface area (Å²) in [6.07, 6.45) is 0. The fourth-order valence-electron chi connectivity index (χ4n) is 1.94. The van der Waals surface area contributed by atoms with E-state index in [1.807, 2.05) is 14.1 Å². The van der Waals surface area contributed by atoms with Crippen LogP contribution in [-0.4, -0.2) is 29.0 Å². The Bertz CT molecular complexity index is 637. The molecule has 2 aromatic rings. The van der Waals surface area contributed by atoms with Crippen molar-refractivity contribution in [3.05, 3.63) is 39.9 Å². The highest BCUT2D eigenvalue weighted by Crippen LogP contribution is 2.16. The molecule has 7 heteroatoms. The van der Waals surface area contributed by atoms with E-state index in [1.54, 1.807) is 30.9 Å². The molecule has 112 valence electrons. The maximum absolute atomic E-state index is 13.6. The molecular formula is C14H17ClFN5. The van der Waals surface area contributed by atoms with Gasteiger partial charge < -0.3 is 10.2 Å². The van der Waals surface area contributed by atoms with Crippen molar-refractivity contribution in [3.8, 4) is 0 Å². The van der Waals surface area contributed by atoms with Crippen molar-refractivity contribution in [2.45, 2.75) is 20.4 Å². The molecule has 0 radical (unpaired) electrons. The fourth-order valence-corrected chi connectivity index (χ4v) is 2.09. The lowest BCUT2D eigenvalue weighted by atomic mass is 10.1. The second kappa shape index (κ2) is 6.22. The third-order valence-electron chi connectivity index (χ3n) is 2.94. The summed E-state index contributed by atoms with van der Waals surface area (Å²) in [5.41, 5.74) is 2.19. The second-order valence-electron chi connectivity index (χ2n) is 5.02. The third kappa shape index (κ3) is 3.78. The van der Waals surface area contributed by atoms with Crippen LogP contribution in [0.2, 0.25) is 5.28 Å². The van der Waals surface area contributed by atoms with Crippen LogP contribution in [0.1, 0.15) is 16.7 Å². The molecule has 21 heavy (non-hydrogen) atoms. The van der Waals surface area contributed by atoms with Crippen LogP contribution in [0.5, 0.6) is 0 Å². The molecule has 0 atom stereocenters. The Hall–Kier alpha value is -1.95. The lowest BCUT2D eigenvalue weighted by Gasteiger charge is -2.12. The van der Waals surface area contributed by atoms with Crippen molar-refractivity contribution < 1.29 is 4.39 Å². The van der Waals surface area contributed by atoms with Gasteiger partial charge in [0.1, 0.15) is 5.82 Å². The first kappa shape index (κ1) is 15.4. The Labute approximate surface area is 128 Å². The summed E-state index contributed by atoms with van der Waals surface area (Å²) in [7, 11) is 3.64. The van der Waals surface area contributed by atoms with Crippen molar-refractivity contribution in [1.82, 2.24) is 15.0 Å². The number of nitrogens with zero attached hydrogens (tertiary/aromatic N) is 4.